The van der Waals surface area contributed by atoms with E-state index in [1.165, 1.54) is 18.1 Å². The fourth-order valence-electron chi connectivity index (χ4n) is 9.60. The summed E-state index contributed by atoms with van der Waals surface area (Å²) in [4.78, 5) is 71.7. The summed E-state index contributed by atoms with van der Waals surface area (Å²) in [6.45, 7) is 13.7. The van der Waals surface area contributed by atoms with E-state index < -0.39 is 23.0 Å². The van der Waals surface area contributed by atoms with E-state index >= 15 is 0 Å². The number of carbonyl (C=O) groups excluding carboxylic acids is 3. The van der Waals surface area contributed by atoms with Crippen molar-refractivity contribution in [2.45, 2.75) is 114 Å². The number of hydrogen-bond donors (Lipinski definition) is 4. The van der Waals surface area contributed by atoms with Crippen molar-refractivity contribution in [2.75, 3.05) is 18.4 Å². The number of nitrogens with zero attached hydrogens (tertiary/aromatic N) is 4. The van der Waals surface area contributed by atoms with Gasteiger partial charge in [-0.1, -0.05) is 170 Å². The Labute approximate surface area is 494 Å². The van der Waals surface area contributed by atoms with Crippen molar-refractivity contribution in [3.05, 3.63) is 234 Å². The summed E-state index contributed by atoms with van der Waals surface area (Å²) in [6, 6.07) is 53.1. The number of likely N-dealkylation sites (tertiary alicyclic amines) is 2. The molecule has 0 radical (unpaired) electrons. The number of amides is 2. The number of nitrogens with one attached hydrogen (secondary N) is 1. The number of carboxylic acids is 2. The zero-order valence-electron chi connectivity index (χ0n) is 46.4. The van der Waals surface area contributed by atoms with Crippen LogP contribution in [0.15, 0.2) is 200 Å². The number of para-hydroxylation sites is 2. The van der Waals surface area contributed by atoms with E-state index in [0.29, 0.717) is 66.0 Å². The topological polar surface area (TPSA) is 197 Å². The molecule has 5 N–H and O–H groups in total. The Morgan fingerprint density at radius 3 is 1.62 bits per heavy atom. The molecule has 13 nitrogen and oxygen atoms in total. The first-order chi connectivity index (χ1) is 38.1. The van der Waals surface area contributed by atoms with Gasteiger partial charge in [0.2, 0.25) is 5.91 Å². The van der Waals surface area contributed by atoms with Crippen LogP contribution in [-0.2, 0) is 48.8 Å². The second kappa shape index (κ2) is 33.4. The first-order valence-electron chi connectivity index (χ1n) is 27.2. The van der Waals surface area contributed by atoms with Crippen molar-refractivity contribution in [3.8, 4) is 0 Å². The molecule has 8 rings (SSSR count). The largest absolute Gasteiger partial charge is 2.00 e. The predicted octanol–water partition coefficient (Wildman–Crippen LogP) is 12.0. The third-order valence-electron chi connectivity index (χ3n) is 14.2. The van der Waals surface area contributed by atoms with Gasteiger partial charge in [-0.15, -0.1) is 18.8 Å². The zero-order valence-corrected chi connectivity index (χ0v) is 48.2. The van der Waals surface area contributed by atoms with Crippen molar-refractivity contribution in [3.63, 3.8) is 0 Å². The SMILES string of the molecule is C=CCCC[C@](C)(N)C(=O)O.C=CCCC[C@](C)(N=C(c1ccccc1)c1ccccc1[N-]C(=O)[C@@H]1CCCN1Cc1ccccc1)C(=O)O.O=C(c1ccccc1)c1ccccc1NC(=O)[C@@H]1CCCN1Cc1ccccc1.[ClH2+].[Ni+2]. The maximum atomic E-state index is 13.5. The summed E-state index contributed by atoms with van der Waals surface area (Å²) in [5, 5.41) is 26.4. The number of ketones is 1. The molecule has 0 spiro atoms. The molecule has 2 fully saturated rings. The Kier molecular flexibility index (Phi) is 27.3. The number of hydrogen-bond acceptors (Lipinski definition) is 9. The minimum Gasteiger partial charge on any atom is -0.625 e. The summed E-state index contributed by atoms with van der Waals surface area (Å²) in [5.41, 5.74) is 9.52. The van der Waals surface area contributed by atoms with Gasteiger partial charge in [-0.3, -0.25) is 29.2 Å². The number of rotatable bonds is 23. The number of anilines is 1. The molecule has 0 unspecified atom stereocenters. The van der Waals surface area contributed by atoms with Gasteiger partial charge in [-0.05, 0) is 120 Å². The average molecular weight is 1160 g/mol. The van der Waals surface area contributed by atoms with E-state index in [4.69, 9.17) is 15.8 Å². The Bertz CT molecular complexity index is 3000. The molecule has 2 aliphatic rings. The Morgan fingerprint density at radius 2 is 1.09 bits per heavy atom. The van der Waals surface area contributed by atoms with Gasteiger partial charge in [0.25, 0.3) is 0 Å². The van der Waals surface area contributed by atoms with E-state index in [1.54, 1.807) is 49.4 Å². The van der Waals surface area contributed by atoms with Crippen molar-refractivity contribution < 1.29 is 63.1 Å². The van der Waals surface area contributed by atoms with Crippen LogP contribution in [0, 0.1) is 12.4 Å². The number of allylic oxidation sites excluding steroid dienone is 2. The molecule has 81 heavy (non-hydrogen) atoms. The van der Waals surface area contributed by atoms with Crippen LogP contribution in [-0.4, -0.2) is 91.5 Å². The zero-order chi connectivity index (χ0) is 56.6. The number of carboxylic acid groups (broad SMARTS) is 2. The van der Waals surface area contributed by atoms with Crippen LogP contribution in [0.1, 0.15) is 116 Å². The number of halogens is 1. The number of aliphatic imine (C=N–C) groups is 1. The van der Waals surface area contributed by atoms with E-state index in [0.717, 1.165) is 63.7 Å². The summed E-state index contributed by atoms with van der Waals surface area (Å²) in [5.74, 6) is -2.26. The number of nitrogens with two attached hydrogens (primary N) is 1. The van der Waals surface area contributed by atoms with Gasteiger partial charge >= 0.3 is 28.4 Å². The van der Waals surface area contributed by atoms with Crippen LogP contribution in [0.2, 0.25) is 0 Å². The number of unbranched alkanes of at least 4 members (excludes halogenated alkanes) is 2. The quantitative estimate of drug-likeness (QED) is 0.0157. The first-order valence-corrected chi connectivity index (χ1v) is 27.2. The molecule has 6 aromatic rings. The Hall–Kier alpha value is -7.32. The van der Waals surface area contributed by atoms with Crippen LogP contribution >= 0.6 is 0 Å². The van der Waals surface area contributed by atoms with Crippen LogP contribution in [0.25, 0.3) is 5.32 Å². The van der Waals surface area contributed by atoms with Gasteiger partial charge in [0.15, 0.2) is 11.3 Å². The van der Waals surface area contributed by atoms with Crippen molar-refractivity contribution >= 4 is 46.6 Å². The van der Waals surface area contributed by atoms with Crippen LogP contribution in [0.5, 0.6) is 0 Å². The summed E-state index contributed by atoms with van der Waals surface area (Å²) >= 11 is 0. The molecule has 4 atom stereocenters. The summed E-state index contributed by atoms with van der Waals surface area (Å²) < 4.78 is 0. The van der Waals surface area contributed by atoms with Gasteiger partial charge in [0.05, 0.1) is 41.8 Å². The minimum atomic E-state index is -1.34. The third kappa shape index (κ3) is 19.7. The van der Waals surface area contributed by atoms with Gasteiger partial charge in [0, 0.05) is 29.8 Å². The normalized spacial score (nSPS) is 16.4. The molecule has 0 saturated carbocycles. The van der Waals surface area contributed by atoms with E-state index in [9.17, 15) is 29.1 Å². The fourth-order valence-corrected chi connectivity index (χ4v) is 9.60. The summed E-state index contributed by atoms with van der Waals surface area (Å²) in [6.07, 6.45) is 10.9. The molecule has 2 amide bonds. The third-order valence-corrected chi connectivity index (χ3v) is 14.2. The number of benzene rings is 6. The van der Waals surface area contributed by atoms with Gasteiger partial charge < -0.3 is 31.4 Å². The molecule has 6 aromatic carbocycles. The second-order valence-electron chi connectivity index (χ2n) is 20.4. The molecular formula is C66H77ClN6NiO7+2. The second-order valence-corrected chi connectivity index (χ2v) is 20.4. The van der Waals surface area contributed by atoms with Gasteiger partial charge in [0.1, 0.15) is 5.54 Å². The molecule has 2 saturated heterocycles. The van der Waals surface area contributed by atoms with Crippen LogP contribution in [0.3, 0.4) is 0 Å². The van der Waals surface area contributed by atoms with E-state index in [-0.39, 0.29) is 58.6 Å². The monoisotopic (exact) mass is 1160 g/mol. The Balaban J connectivity index is 0.000000295. The Morgan fingerprint density at radius 1 is 0.630 bits per heavy atom. The van der Waals surface area contributed by atoms with Crippen molar-refractivity contribution in [1.29, 1.82) is 0 Å². The molecule has 15 heteroatoms. The maximum absolute atomic E-state index is 13.5. The predicted molar refractivity (Wildman–Crippen MR) is 318 cm³/mol. The molecule has 0 bridgehead atoms. The van der Waals surface area contributed by atoms with Gasteiger partial charge in [-0.25, -0.2) is 4.79 Å². The fraction of sp³-hybridized carbons (Fsp3) is 0.303. The van der Waals surface area contributed by atoms with E-state index in [2.05, 4.69) is 57.9 Å². The molecular weight excluding hydrogens is 1080 g/mol. The molecule has 2 heterocycles. The molecule has 428 valence electrons. The number of aliphatic carboxylic acids is 2. The van der Waals surface area contributed by atoms with Crippen molar-refractivity contribution in [1.82, 2.24) is 9.80 Å². The average Bonchev–Trinajstić information content (AvgIpc) is 4.16. The number of carbonyl (C=O) groups is 5. The van der Waals surface area contributed by atoms with Crippen LogP contribution in [0.4, 0.5) is 11.4 Å². The molecule has 2 aliphatic heterocycles. The van der Waals surface area contributed by atoms with Crippen LogP contribution < -0.4 is 11.1 Å². The smallest absolute Gasteiger partial charge is 0.625 e. The maximum Gasteiger partial charge on any atom is 2.00 e. The molecule has 0 aliphatic carbocycles. The molecule has 0 aromatic heterocycles. The van der Waals surface area contributed by atoms with Crippen molar-refractivity contribution in [2.24, 2.45) is 10.7 Å². The van der Waals surface area contributed by atoms with Gasteiger partial charge in [-0.2, -0.15) is 0 Å². The van der Waals surface area contributed by atoms with E-state index in [1.807, 2.05) is 115 Å². The minimum absolute atomic E-state index is 0. The first kappa shape index (κ1) is 66.2. The standard InChI is InChI=1S/C33H37N3O3.C25H24N2O2.C8H15NO2.ClH2.Ni/c1-3-4-13-22-33(2,32(38)39)35-30(26-17-9-6-10-18-26)27-19-11-12-20-28(27)34-31(37)29-21-14-23-36(29)24-25-15-7-5-8-16-25;28-24(20-12-5-2-6-13-20)21-14-7-8-15-22(21)26-25(29)23-16-9-17-27(23)18-19-10-3-1-4-11-19;1-3-4-5-6-8(2,9)7(10)11;;/h3,5-12,15-20,29H,1,4,13-14,21-24H2,2H3,(H2,34,35,37,38,39);1-8,10-15,23H,9,16-18H2,(H,26,29);3H,1,4-6,9H2,2H3,(H,10,11);1H2;/q;;;+1;+2/p-1/t29-,33-;23-;8-;;/m000../s1. The summed E-state index contributed by atoms with van der Waals surface area (Å²) in [7, 11) is 0.